The molecular formula is C13H12N2O2. The summed E-state index contributed by atoms with van der Waals surface area (Å²) in [5.41, 5.74) is 1.77. The number of nitrogens with zero attached hydrogens (tertiary/aromatic N) is 2. The zero-order valence-electron chi connectivity index (χ0n) is 9.46. The molecule has 86 valence electrons. The van der Waals surface area contributed by atoms with Crippen molar-refractivity contribution in [3.8, 4) is 5.75 Å². The Hall–Kier alpha value is -2.10. The van der Waals surface area contributed by atoms with E-state index in [9.17, 15) is 4.79 Å². The van der Waals surface area contributed by atoms with Crippen molar-refractivity contribution < 1.29 is 9.53 Å². The largest absolute Gasteiger partial charge is 0.496 e. The maximum Gasteiger partial charge on any atom is 0.189 e. The van der Waals surface area contributed by atoms with Crippen LogP contribution in [0.25, 0.3) is 0 Å². The molecule has 0 aliphatic heterocycles. The predicted molar refractivity (Wildman–Crippen MR) is 62.3 cm³/mol. The Labute approximate surface area is 98.9 Å². The summed E-state index contributed by atoms with van der Waals surface area (Å²) in [4.78, 5) is 16.3. The van der Waals surface area contributed by atoms with Gasteiger partial charge in [-0.1, -0.05) is 12.1 Å². The summed E-state index contributed by atoms with van der Waals surface area (Å²) in [7, 11) is 1.59. The fourth-order valence-electron chi connectivity index (χ4n) is 2.36. The normalized spacial score (nSPS) is 18.2. The molecular weight excluding hydrogens is 216 g/mol. The second-order valence-corrected chi connectivity index (χ2v) is 4.09. The van der Waals surface area contributed by atoms with Crippen molar-refractivity contribution >= 4 is 5.78 Å². The van der Waals surface area contributed by atoms with Crippen LogP contribution in [0.15, 0.2) is 36.9 Å². The van der Waals surface area contributed by atoms with Crippen molar-refractivity contribution in [1.29, 1.82) is 0 Å². The van der Waals surface area contributed by atoms with Gasteiger partial charge in [0.1, 0.15) is 11.8 Å². The third-order valence-corrected chi connectivity index (χ3v) is 3.18. The van der Waals surface area contributed by atoms with Crippen molar-refractivity contribution in [3.63, 3.8) is 0 Å². The first-order chi connectivity index (χ1) is 8.31. The minimum atomic E-state index is -0.177. The molecule has 0 saturated heterocycles. The zero-order chi connectivity index (χ0) is 11.8. The predicted octanol–water partition coefficient (Wildman–Crippen LogP) is 1.87. The van der Waals surface area contributed by atoms with Crippen molar-refractivity contribution in [1.82, 2.24) is 9.55 Å². The highest BCUT2D eigenvalue weighted by Crippen LogP contribution is 2.35. The van der Waals surface area contributed by atoms with E-state index >= 15 is 0 Å². The topological polar surface area (TPSA) is 44.1 Å². The fourth-order valence-corrected chi connectivity index (χ4v) is 2.36. The summed E-state index contributed by atoms with van der Waals surface area (Å²) < 4.78 is 7.10. The average Bonchev–Trinajstić information content (AvgIpc) is 2.97. The Kier molecular flexibility index (Phi) is 2.21. The van der Waals surface area contributed by atoms with Crippen molar-refractivity contribution in [3.05, 3.63) is 48.0 Å². The van der Waals surface area contributed by atoms with E-state index in [4.69, 9.17) is 4.74 Å². The van der Waals surface area contributed by atoms with Gasteiger partial charge >= 0.3 is 0 Å². The second kappa shape index (κ2) is 3.73. The van der Waals surface area contributed by atoms with Crippen molar-refractivity contribution in [2.45, 2.75) is 12.5 Å². The molecule has 0 radical (unpaired) electrons. The SMILES string of the molecule is COc1cccc2c1C(=O)C(n1ccnc1)C2. The first kappa shape index (κ1) is 10.1. The molecule has 0 saturated carbocycles. The van der Waals surface area contributed by atoms with Gasteiger partial charge in [0.2, 0.25) is 0 Å². The number of aromatic nitrogens is 2. The molecule has 3 rings (SSSR count). The van der Waals surface area contributed by atoms with E-state index in [1.165, 1.54) is 0 Å². The van der Waals surface area contributed by atoms with E-state index in [2.05, 4.69) is 4.98 Å². The molecule has 1 aromatic carbocycles. The molecule has 17 heavy (non-hydrogen) atoms. The molecule has 1 atom stereocenters. The lowest BCUT2D eigenvalue weighted by molar-refractivity contribution is 0.0939. The Balaban J connectivity index is 2.06. The molecule has 4 nitrogen and oxygen atoms in total. The maximum absolute atomic E-state index is 12.3. The van der Waals surface area contributed by atoms with Gasteiger partial charge in [-0.2, -0.15) is 0 Å². The number of ketones is 1. The van der Waals surface area contributed by atoms with Crippen molar-refractivity contribution in [2.75, 3.05) is 7.11 Å². The summed E-state index contributed by atoms with van der Waals surface area (Å²) >= 11 is 0. The number of rotatable bonds is 2. The van der Waals surface area contributed by atoms with E-state index in [0.29, 0.717) is 17.7 Å². The van der Waals surface area contributed by atoms with Crippen LogP contribution in [0.1, 0.15) is 22.0 Å². The van der Waals surface area contributed by atoms with Gasteiger partial charge in [-0.05, 0) is 11.6 Å². The maximum atomic E-state index is 12.3. The average molecular weight is 228 g/mol. The number of ether oxygens (including phenoxy) is 1. The van der Waals surface area contributed by atoms with Gasteiger partial charge in [-0.15, -0.1) is 0 Å². The highest BCUT2D eigenvalue weighted by molar-refractivity contribution is 6.05. The molecule has 4 heteroatoms. The minimum Gasteiger partial charge on any atom is -0.496 e. The molecule has 0 fully saturated rings. The van der Waals surface area contributed by atoms with E-state index in [1.807, 2.05) is 29.0 Å². The molecule has 1 aliphatic rings. The third-order valence-electron chi connectivity index (χ3n) is 3.18. The molecule has 1 aromatic heterocycles. The van der Waals surface area contributed by atoms with Crippen LogP contribution in [-0.4, -0.2) is 22.4 Å². The Morgan fingerprint density at radius 1 is 1.47 bits per heavy atom. The van der Waals surface area contributed by atoms with Gasteiger partial charge in [0.05, 0.1) is 19.0 Å². The van der Waals surface area contributed by atoms with Crippen LogP contribution < -0.4 is 4.74 Å². The van der Waals surface area contributed by atoms with Gasteiger partial charge in [-0.25, -0.2) is 4.98 Å². The van der Waals surface area contributed by atoms with Gasteiger partial charge in [-0.3, -0.25) is 4.79 Å². The number of Topliss-reactive ketones (excluding diaryl/α,β-unsaturated/α-hetero) is 1. The Morgan fingerprint density at radius 3 is 3.06 bits per heavy atom. The highest BCUT2D eigenvalue weighted by Gasteiger charge is 2.33. The van der Waals surface area contributed by atoms with Gasteiger partial charge in [0, 0.05) is 18.8 Å². The molecule has 0 bridgehead atoms. The number of hydrogen-bond acceptors (Lipinski definition) is 3. The van der Waals surface area contributed by atoms with Gasteiger partial charge in [0.15, 0.2) is 5.78 Å². The third kappa shape index (κ3) is 1.45. The molecule has 1 heterocycles. The van der Waals surface area contributed by atoms with E-state index < -0.39 is 0 Å². The lowest BCUT2D eigenvalue weighted by atomic mass is 10.1. The molecule has 1 unspecified atom stereocenters. The van der Waals surface area contributed by atoms with Crippen LogP contribution in [0.3, 0.4) is 0 Å². The lowest BCUT2D eigenvalue weighted by Crippen LogP contribution is -2.14. The lowest BCUT2D eigenvalue weighted by Gasteiger charge is -2.09. The van der Waals surface area contributed by atoms with Crippen LogP contribution in [0.4, 0.5) is 0 Å². The Bertz CT molecular complexity index is 561. The van der Waals surface area contributed by atoms with E-state index in [0.717, 1.165) is 5.56 Å². The fraction of sp³-hybridized carbons (Fsp3) is 0.231. The number of methoxy groups -OCH3 is 1. The molecule has 0 N–H and O–H groups in total. The summed E-state index contributed by atoms with van der Waals surface area (Å²) in [6, 6.07) is 5.55. The molecule has 0 spiro atoms. The summed E-state index contributed by atoms with van der Waals surface area (Å²) in [5, 5.41) is 0. The van der Waals surface area contributed by atoms with Crippen LogP contribution >= 0.6 is 0 Å². The first-order valence-corrected chi connectivity index (χ1v) is 5.49. The Morgan fingerprint density at radius 2 is 2.35 bits per heavy atom. The summed E-state index contributed by atoms with van der Waals surface area (Å²) in [6.45, 7) is 0. The standard InChI is InChI=1S/C13H12N2O2/c1-17-11-4-2-3-9-7-10(13(16)12(9)11)15-6-5-14-8-15/h2-6,8,10H,7H2,1H3. The summed E-state index contributed by atoms with van der Waals surface area (Å²) in [5.74, 6) is 0.769. The van der Waals surface area contributed by atoms with E-state index in [1.54, 1.807) is 19.6 Å². The van der Waals surface area contributed by atoms with Crippen LogP contribution in [0.5, 0.6) is 5.75 Å². The van der Waals surface area contributed by atoms with Crippen LogP contribution in [0, 0.1) is 0 Å². The smallest absolute Gasteiger partial charge is 0.189 e. The van der Waals surface area contributed by atoms with E-state index in [-0.39, 0.29) is 11.8 Å². The second-order valence-electron chi connectivity index (χ2n) is 4.09. The molecule has 2 aromatic rings. The number of carbonyl (C=O) groups excluding carboxylic acids is 1. The first-order valence-electron chi connectivity index (χ1n) is 5.49. The highest BCUT2D eigenvalue weighted by atomic mass is 16.5. The number of hydrogen-bond donors (Lipinski definition) is 0. The monoisotopic (exact) mass is 228 g/mol. The van der Waals surface area contributed by atoms with Crippen molar-refractivity contribution in [2.24, 2.45) is 0 Å². The van der Waals surface area contributed by atoms with Gasteiger partial charge in [0.25, 0.3) is 0 Å². The molecule has 1 aliphatic carbocycles. The number of benzene rings is 1. The number of fused-ring (bicyclic) bond motifs is 1. The minimum absolute atomic E-state index is 0.107. The van der Waals surface area contributed by atoms with Crippen LogP contribution in [0.2, 0.25) is 0 Å². The number of imidazole rings is 1. The quantitative estimate of drug-likeness (QED) is 0.788. The zero-order valence-corrected chi connectivity index (χ0v) is 9.46. The van der Waals surface area contributed by atoms with Gasteiger partial charge < -0.3 is 9.30 Å². The molecule has 0 amide bonds. The number of carbonyl (C=O) groups is 1. The van der Waals surface area contributed by atoms with Crippen LogP contribution in [-0.2, 0) is 6.42 Å². The summed E-state index contributed by atoms with van der Waals surface area (Å²) in [6.07, 6.45) is 5.90.